The average Bonchev–Trinajstić information content (AvgIpc) is 3.01. The van der Waals surface area contributed by atoms with Crippen LogP contribution in [-0.4, -0.2) is 95.8 Å². The van der Waals surface area contributed by atoms with E-state index in [0.717, 1.165) is 16.8 Å². The zero-order valence-corrected chi connectivity index (χ0v) is 16.9. The number of rotatable bonds is 10. The Bertz CT molecular complexity index is 967. The summed E-state index contributed by atoms with van der Waals surface area (Å²) in [6, 6.07) is -2.14. The maximum absolute atomic E-state index is 12.2. The molecule has 1 aromatic heterocycles. The predicted molar refractivity (Wildman–Crippen MR) is 105 cm³/mol. The van der Waals surface area contributed by atoms with Gasteiger partial charge in [0.15, 0.2) is 6.23 Å². The Hall–Kier alpha value is -3.44. The summed E-state index contributed by atoms with van der Waals surface area (Å²) < 4.78 is 6.04. The van der Waals surface area contributed by atoms with Gasteiger partial charge >= 0.3 is 17.6 Å². The maximum atomic E-state index is 12.2. The number of nitrogens with zero attached hydrogens (tertiary/aromatic N) is 2. The van der Waals surface area contributed by atoms with Gasteiger partial charge in [-0.05, 0) is 6.07 Å². The van der Waals surface area contributed by atoms with Crippen LogP contribution in [0, 0.1) is 0 Å². The highest BCUT2D eigenvalue weighted by atomic mass is 16.6. The van der Waals surface area contributed by atoms with Gasteiger partial charge in [0.1, 0.15) is 30.2 Å². The van der Waals surface area contributed by atoms with E-state index in [-0.39, 0.29) is 5.82 Å². The Morgan fingerprint density at radius 1 is 1.18 bits per heavy atom. The maximum Gasteiger partial charge on any atom is 0.351 e. The van der Waals surface area contributed by atoms with Gasteiger partial charge in [0.2, 0.25) is 11.8 Å². The van der Waals surface area contributed by atoms with Gasteiger partial charge in [0, 0.05) is 6.20 Å². The summed E-state index contributed by atoms with van der Waals surface area (Å²) in [4.78, 5) is 61.7. The number of nitrogens with two attached hydrogens (primary N) is 1. The van der Waals surface area contributed by atoms with E-state index in [9.17, 15) is 39.3 Å². The predicted octanol–water partition coefficient (Wildman–Crippen LogP) is -4.45. The van der Waals surface area contributed by atoms with E-state index in [0.29, 0.717) is 0 Å². The molecule has 1 aliphatic heterocycles. The minimum atomic E-state index is -1.74. The fourth-order valence-electron chi connectivity index (χ4n) is 2.92. The van der Waals surface area contributed by atoms with Crippen LogP contribution in [0.5, 0.6) is 0 Å². The minimum absolute atomic E-state index is 0.286. The highest BCUT2D eigenvalue weighted by Gasteiger charge is 2.43. The highest BCUT2D eigenvalue weighted by Crippen LogP contribution is 2.28. The molecule has 9 N–H and O–H groups in total. The number of hydrogen-bond donors (Lipinski definition) is 8. The molecular formula is C17H23N5O11. The molecule has 0 spiro atoms. The lowest BCUT2D eigenvalue weighted by molar-refractivity contribution is -0.144. The van der Waals surface area contributed by atoms with E-state index in [4.69, 9.17) is 20.7 Å². The Balaban J connectivity index is 2.03. The van der Waals surface area contributed by atoms with Crippen molar-refractivity contribution < 1.29 is 49.4 Å². The number of hydrogen-bond acceptors (Lipinski definition) is 11. The Labute approximate surface area is 184 Å². The van der Waals surface area contributed by atoms with Crippen molar-refractivity contribution in [2.45, 2.75) is 49.5 Å². The summed E-state index contributed by atoms with van der Waals surface area (Å²) in [5, 5.41) is 50.8. The largest absolute Gasteiger partial charge is 0.481 e. The molecule has 2 rings (SSSR count). The van der Waals surface area contributed by atoms with Crippen LogP contribution in [0.25, 0.3) is 0 Å². The van der Waals surface area contributed by atoms with E-state index >= 15 is 0 Å². The van der Waals surface area contributed by atoms with Crippen molar-refractivity contribution >= 4 is 29.6 Å². The number of aliphatic carboxylic acids is 2. The van der Waals surface area contributed by atoms with Crippen LogP contribution in [0.1, 0.15) is 19.1 Å². The monoisotopic (exact) mass is 473 g/mol. The van der Waals surface area contributed by atoms with Crippen LogP contribution in [0.15, 0.2) is 17.1 Å². The SMILES string of the molecule is N[C@@H](CC(=O)O)C(=O)N[C@@H](CC(=O)Nc1ccn([C@@H]2O[C@H](CO)[C@@H](O)[C@@H]2O)c(=O)n1)C(=O)O. The molecule has 6 atom stereocenters. The Morgan fingerprint density at radius 3 is 2.36 bits per heavy atom. The van der Waals surface area contributed by atoms with Gasteiger partial charge in [-0.2, -0.15) is 4.98 Å². The van der Waals surface area contributed by atoms with Gasteiger partial charge in [-0.15, -0.1) is 0 Å². The minimum Gasteiger partial charge on any atom is -0.481 e. The molecule has 0 aromatic carbocycles. The van der Waals surface area contributed by atoms with E-state index in [1.165, 1.54) is 0 Å². The number of carbonyl (C=O) groups is 4. The normalized spacial score (nSPS) is 24.0. The van der Waals surface area contributed by atoms with Crippen molar-refractivity contribution in [2.75, 3.05) is 11.9 Å². The quantitative estimate of drug-likeness (QED) is 0.160. The lowest BCUT2D eigenvalue weighted by atomic mass is 10.1. The zero-order valence-electron chi connectivity index (χ0n) is 16.9. The van der Waals surface area contributed by atoms with Crippen molar-refractivity contribution in [3.8, 4) is 0 Å². The number of aliphatic hydroxyl groups excluding tert-OH is 3. The number of carboxylic acid groups (broad SMARTS) is 2. The number of amides is 2. The second-order valence-corrected chi connectivity index (χ2v) is 7.09. The van der Waals surface area contributed by atoms with Gasteiger partial charge in [-0.1, -0.05) is 0 Å². The van der Waals surface area contributed by atoms with Crippen LogP contribution >= 0.6 is 0 Å². The molecule has 16 heteroatoms. The topological polar surface area (TPSA) is 264 Å². The molecule has 182 valence electrons. The molecule has 1 fully saturated rings. The fourth-order valence-corrected chi connectivity index (χ4v) is 2.92. The average molecular weight is 473 g/mol. The molecule has 1 aromatic rings. The molecule has 0 saturated carbocycles. The second kappa shape index (κ2) is 10.9. The van der Waals surface area contributed by atoms with Crippen molar-refractivity contribution in [3.05, 3.63) is 22.7 Å². The first-order chi connectivity index (χ1) is 15.4. The standard InChI is InChI=1S/C17H23N5O11/c18-6(3-11(25)26)14(29)19-7(16(30)31)4-10(24)20-9-1-2-22(17(32)21-9)15-13(28)12(27)8(5-23)33-15/h1-2,6-8,12-13,15,23,27-28H,3-5,18H2,(H,19,29)(H,25,26)(H,30,31)(H,20,21,24,32)/t6-,7-,8+,12+,13-,15+/m0/s1. The lowest BCUT2D eigenvalue weighted by Gasteiger charge is -2.18. The lowest BCUT2D eigenvalue weighted by Crippen LogP contribution is -2.50. The zero-order chi connectivity index (χ0) is 24.9. The molecule has 16 nitrogen and oxygen atoms in total. The van der Waals surface area contributed by atoms with Crippen LogP contribution in [0.4, 0.5) is 5.82 Å². The summed E-state index contributed by atoms with van der Waals surface area (Å²) in [5.74, 6) is -5.29. The molecule has 0 unspecified atom stereocenters. The number of carbonyl (C=O) groups excluding carboxylic acids is 2. The van der Waals surface area contributed by atoms with E-state index < -0.39 is 85.5 Å². The van der Waals surface area contributed by atoms with Crippen molar-refractivity contribution in [1.82, 2.24) is 14.9 Å². The summed E-state index contributed by atoms with van der Waals surface area (Å²) in [7, 11) is 0. The molecule has 0 radical (unpaired) electrons. The Kier molecular flexibility index (Phi) is 8.55. The van der Waals surface area contributed by atoms with Crippen LogP contribution < -0.4 is 22.1 Å². The van der Waals surface area contributed by atoms with E-state index in [1.807, 2.05) is 5.32 Å². The van der Waals surface area contributed by atoms with Gasteiger partial charge in [-0.3, -0.25) is 19.0 Å². The van der Waals surface area contributed by atoms with Gasteiger partial charge in [0.25, 0.3) is 0 Å². The van der Waals surface area contributed by atoms with Gasteiger partial charge in [-0.25, -0.2) is 9.59 Å². The third kappa shape index (κ3) is 6.53. The molecule has 1 aliphatic rings. The molecule has 33 heavy (non-hydrogen) atoms. The first-order valence-electron chi connectivity index (χ1n) is 9.46. The van der Waals surface area contributed by atoms with Crippen molar-refractivity contribution in [3.63, 3.8) is 0 Å². The van der Waals surface area contributed by atoms with Crippen LogP contribution in [0.3, 0.4) is 0 Å². The summed E-state index contributed by atoms with van der Waals surface area (Å²) in [6.45, 7) is -0.604. The molecule has 1 saturated heterocycles. The number of carboxylic acids is 2. The van der Waals surface area contributed by atoms with E-state index in [2.05, 4.69) is 10.3 Å². The molecule has 0 aliphatic carbocycles. The number of nitrogens with one attached hydrogen (secondary N) is 2. The first kappa shape index (κ1) is 25.8. The molecular weight excluding hydrogens is 450 g/mol. The molecule has 2 amide bonds. The highest BCUT2D eigenvalue weighted by molar-refractivity contribution is 5.95. The van der Waals surface area contributed by atoms with Gasteiger partial charge in [0.05, 0.1) is 25.5 Å². The number of aliphatic hydroxyl groups is 3. The number of aromatic nitrogens is 2. The molecule has 0 bridgehead atoms. The van der Waals surface area contributed by atoms with Gasteiger partial charge < -0.3 is 46.6 Å². The third-order valence-electron chi connectivity index (χ3n) is 4.62. The smallest absolute Gasteiger partial charge is 0.351 e. The number of anilines is 1. The van der Waals surface area contributed by atoms with Crippen LogP contribution in [0.2, 0.25) is 0 Å². The van der Waals surface area contributed by atoms with Crippen LogP contribution in [-0.2, 0) is 23.9 Å². The number of ether oxygens (including phenoxy) is 1. The summed E-state index contributed by atoms with van der Waals surface area (Å²) in [6.07, 6.45) is -5.90. The fraction of sp³-hybridized carbons (Fsp3) is 0.529. The summed E-state index contributed by atoms with van der Waals surface area (Å²) in [5.41, 5.74) is 4.35. The summed E-state index contributed by atoms with van der Waals surface area (Å²) >= 11 is 0. The van der Waals surface area contributed by atoms with Crippen molar-refractivity contribution in [2.24, 2.45) is 5.73 Å². The third-order valence-corrected chi connectivity index (χ3v) is 4.62. The van der Waals surface area contributed by atoms with E-state index in [1.54, 1.807) is 0 Å². The van der Waals surface area contributed by atoms with Crippen molar-refractivity contribution in [1.29, 1.82) is 0 Å². The molecule has 2 heterocycles. The first-order valence-corrected chi connectivity index (χ1v) is 9.46. The second-order valence-electron chi connectivity index (χ2n) is 7.09. The Morgan fingerprint density at radius 2 is 1.85 bits per heavy atom.